The minimum absolute atomic E-state index is 0.00267. The molecule has 0 aliphatic carbocycles. The lowest BCUT2D eigenvalue weighted by atomic mass is 10.2. The Labute approximate surface area is 144 Å². The van der Waals surface area contributed by atoms with Crippen molar-refractivity contribution in [3.05, 3.63) is 30.7 Å². The van der Waals surface area contributed by atoms with Crippen LogP contribution in [0.25, 0.3) is 22.4 Å². The van der Waals surface area contributed by atoms with Gasteiger partial charge in [-0.15, -0.1) is 0 Å². The fourth-order valence-corrected chi connectivity index (χ4v) is 3.23. The first-order valence-electron chi connectivity index (χ1n) is 8.24. The summed E-state index contributed by atoms with van der Waals surface area (Å²) >= 11 is 0. The predicted molar refractivity (Wildman–Crippen MR) is 94.0 cm³/mol. The monoisotopic (exact) mass is 337 g/mol. The molecule has 3 aromatic heterocycles. The number of hydrogen-bond acceptors (Lipinski definition) is 6. The van der Waals surface area contributed by atoms with E-state index in [0.29, 0.717) is 5.82 Å². The zero-order chi connectivity index (χ0) is 17.4. The molecule has 0 aromatic carbocycles. The lowest BCUT2D eigenvalue weighted by molar-refractivity contribution is -0.119. The zero-order valence-corrected chi connectivity index (χ0v) is 14.2. The number of hydrogen-bond donors (Lipinski definition) is 1. The second-order valence-corrected chi connectivity index (χ2v) is 6.25. The number of nitrogens with zero attached hydrogens (tertiary/aromatic N) is 6. The smallest absolute Gasteiger partial charge is 0.217 e. The largest absolute Gasteiger partial charge is 0.354 e. The van der Waals surface area contributed by atoms with Crippen LogP contribution in [0.1, 0.15) is 13.3 Å². The van der Waals surface area contributed by atoms with E-state index in [1.54, 1.807) is 30.2 Å². The van der Waals surface area contributed by atoms with Crippen molar-refractivity contribution in [2.45, 2.75) is 19.4 Å². The molecule has 1 aliphatic heterocycles. The van der Waals surface area contributed by atoms with Gasteiger partial charge in [0.1, 0.15) is 5.82 Å². The molecule has 4 rings (SSSR count). The first-order valence-corrected chi connectivity index (χ1v) is 8.24. The average molecular weight is 337 g/mol. The second kappa shape index (κ2) is 6.12. The van der Waals surface area contributed by atoms with Gasteiger partial charge in [0, 0.05) is 51.1 Å². The van der Waals surface area contributed by atoms with Gasteiger partial charge < -0.3 is 10.2 Å². The van der Waals surface area contributed by atoms with Gasteiger partial charge >= 0.3 is 0 Å². The first-order chi connectivity index (χ1) is 12.1. The molecule has 0 saturated carbocycles. The van der Waals surface area contributed by atoms with Crippen molar-refractivity contribution >= 4 is 22.8 Å². The number of fused-ring (bicyclic) bond motifs is 1. The molecular weight excluding hydrogens is 318 g/mol. The van der Waals surface area contributed by atoms with Gasteiger partial charge in [-0.3, -0.25) is 14.5 Å². The van der Waals surface area contributed by atoms with E-state index in [-0.39, 0.29) is 11.9 Å². The summed E-state index contributed by atoms with van der Waals surface area (Å²) in [7, 11) is 1.87. The number of anilines is 1. The van der Waals surface area contributed by atoms with Crippen molar-refractivity contribution in [2.75, 3.05) is 18.0 Å². The van der Waals surface area contributed by atoms with Gasteiger partial charge in [-0.2, -0.15) is 5.10 Å². The maximum atomic E-state index is 11.3. The average Bonchev–Trinajstić information content (AvgIpc) is 3.22. The van der Waals surface area contributed by atoms with E-state index in [9.17, 15) is 4.79 Å². The van der Waals surface area contributed by atoms with Crippen molar-refractivity contribution < 1.29 is 4.79 Å². The Morgan fingerprint density at radius 1 is 1.32 bits per heavy atom. The summed E-state index contributed by atoms with van der Waals surface area (Å²) in [5.41, 5.74) is 1.65. The molecule has 25 heavy (non-hydrogen) atoms. The molecule has 1 N–H and O–H groups in total. The quantitative estimate of drug-likeness (QED) is 0.771. The summed E-state index contributed by atoms with van der Waals surface area (Å²) in [6.07, 6.45) is 6.17. The Balaban J connectivity index is 1.76. The van der Waals surface area contributed by atoms with Gasteiger partial charge in [-0.25, -0.2) is 9.97 Å². The van der Waals surface area contributed by atoms with Gasteiger partial charge in [0.25, 0.3) is 0 Å². The third-order valence-electron chi connectivity index (χ3n) is 4.39. The maximum absolute atomic E-state index is 11.3. The number of amides is 1. The number of pyridine rings is 1. The number of aromatic nitrogens is 5. The summed E-state index contributed by atoms with van der Waals surface area (Å²) in [5, 5.41) is 8.23. The third kappa shape index (κ3) is 2.90. The van der Waals surface area contributed by atoms with E-state index in [4.69, 9.17) is 4.98 Å². The van der Waals surface area contributed by atoms with Crippen molar-refractivity contribution in [3.63, 3.8) is 0 Å². The van der Waals surface area contributed by atoms with Crippen LogP contribution in [0.5, 0.6) is 0 Å². The van der Waals surface area contributed by atoms with Crippen LogP contribution in [0.15, 0.2) is 30.7 Å². The summed E-state index contributed by atoms with van der Waals surface area (Å²) < 4.78 is 1.75. The Morgan fingerprint density at radius 2 is 2.20 bits per heavy atom. The molecule has 4 heterocycles. The van der Waals surface area contributed by atoms with E-state index in [0.717, 1.165) is 41.9 Å². The Hall–Kier alpha value is -3.03. The summed E-state index contributed by atoms with van der Waals surface area (Å²) in [6.45, 7) is 3.11. The van der Waals surface area contributed by atoms with Crippen LogP contribution in [-0.4, -0.2) is 49.8 Å². The van der Waals surface area contributed by atoms with Crippen LogP contribution < -0.4 is 10.2 Å². The van der Waals surface area contributed by atoms with Crippen molar-refractivity contribution in [3.8, 4) is 11.4 Å². The third-order valence-corrected chi connectivity index (χ3v) is 4.39. The highest BCUT2D eigenvalue weighted by Gasteiger charge is 2.27. The first kappa shape index (κ1) is 15.5. The molecule has 0 unspecified atom stereocenters. The number of rotatable bonds is 3. The Kier molecular flexibility index (Phi) is 3.79. The zero-order valence-electron chi connectivity index (χ0n) is 14.2. The van der Waals surface area contributed by atoms with E-state index in [2.05, 4.69) is 25.3 Å². The van der Waals surface area contributed by atoms with Crippen molar-refractivity contribution in [1.29, 1.82) is 0 Å². The lowest BCUT2D eigenvalue weighted by Gasteiger charge is -2.19. The molecule has 8 heteroatoms. The molecule has 0 radical (unpaired) electrons. The van der Waals surface area contributed by atoms with Gasteiger partial charge in [0.2, 0.25) is 5.91 Å². The van der Waals surface area contributed by atoms with Crippen molar-refractivity contribution in [1.82, 2.24) is 30.0 Å². The topological polar surface area (TPSA) is 88.8 Å². The molecule has 128 valence electrons. The SMILES string of the molecule is CC(=O)N[C@@H]1CCN(c2nc(-c3cccnc3)nc3c2cnn3C)C1. The summed E-state index contributed by atoms with van der Waals surface area (Å²) in [4.78, 5) is 27.1. The van der Waals surface area contributed by atoms with Crippen LogP contribution in [0.3, 0.4) is 0 Å². The Morgan fingerprint density at radius 3 is 2.96 bits per heavy atom. The fourth-order valence-electron chi connectivity index (χ4n) is 3.23. The van der Waals surface area contributed by atoms with Crippen LogP contribution in [0.4, 0.5) is 5.82 Å². The highest BCUT2D eigenvalue weighted by atomic mass is 16.1. The number of aryl methyl sites for hydroxylation is 1. The van der Waals surface area contributed by atoms with E-state index >= 15 is 0 Å². The van der Waals surface area contributed by atoms with Crippen LogP contribution in [0, 0.1) is 0 Å². The van der Waals surface area contributed by atoms with Gasteiger partial charge in [-0.05, 0) is 18.6 Å². The molecule has 0 spiro atoms. The van der Waals surface area contributed by atoms with Gasteiger partial charge in [0.15, 0.2) is 11.5 Å². The van der Waals surface area contributed by atoms with Crippen LogP contribution >= 0.6 is 0 Å². The van der Waals surface area contributed by atoms with Crippen molar-refractivity contribution in [2.24, 2.45) is 7.05 Å². The fraction of sp³-hybridized carbons (Fsp3) is 0.353. The maximum Gasteiger partial charge on any atom is 0.217 e. The molecule has 1 saturated heterocycles. The highest BCUT2D eigenvalue weighted by molar-refractivity contribution is 5.88. The van der Waals surface area contributed by atoms with Crippen LogP contribution in [0.2, 0.25) is 0 Å². The predicted octanol–water partition coefficient (Wildman–Crippen LogP) is 1.14. The van der Waals surface area contributed by atoms with Gasteiger partial charge in [-0.1, -0.05) is 0 Å². The Bertz CT molecular complexity index is 921. The molecule has 1 amide bonds. The molecule has 8 nitrogen and oxygen atoms in total. The van der Waals surface area contributed by atoms with E-state index < -0.39 is 0 Å². The number of carbonyl (C=O) groups excluding carboxylic acids is 1. The molecule has 1 atom stereocenters. The standard InChI is InChI=1S/C17H19N7O/c1-11(25)20-13-5-7-24(10-13)17-14-9-19-23(2)16(14)21-15(22-17)12-4-3-6-18-8-12/h3-4,6,8-9,13H,5,7,10H2,1-2H3,(H,20,25)/t13-/m1/s1. The lowest BCUT2D eigenvalue weighted by Crippen LogP contribution is -2.35. The summed E-state index contributed by atoms with van der Waals surface area (Å²) in [6, 6.07) is 3.95. The number of carbonyl (C=O) groups is 1. The van der Waals surface area contributed by atoms with E-state index in [1.807, 2.05) is 19.2 Å². The molecule has 0 bridgehead atoms. The normalized spacial score (nSPS) is 17.2. The molecule has 3 aromatic rings. The molecule has 1 fully saturated rings. The minimum Gasteiger partial charge on any atom is -0.354 e. The van der Waals surface area contributed by atoms with Crippen LogP contribution in [-0.2, 0) is 11.8 Å². The molecular formula is C17H19N7O. The second-order valence-electron chi connectivity index (χ2n) is 6.25. The molecule has 1 aliphatic rings. The number of nitrogens with one attached hydrogen (secondary N) is 1. The summed E-state index contributed by atoms with van der Waals surface area (Å²) in [5.74, 6) is 1.48. The minimum atomic E-state index is -0.00267. The van der Waals surface area contributed by atoms with E-state index in [1.165, 1.54) is 0 Å². The highest BCUT2D eigenvalue weighted by Crippen LogP contribution is 2.29. The van der Waals surface area contributed by atoms with Gasteiger partial charge in [0.05, 0.1) is 11.6 Å².